The van der Waals surface area contributed by atoms with Crippen molar-refractivity contribution in [1.29, 1.82) is 0 Å². The van der Waals surface area contributed by atoms with Crippen LogP contribution in [0.5, 0.6) is 0 Å². The van der Waals surface area contributed by atoms with E-state index in [-0.39, 0.29) is 23.6 Å². The average molecular weight is 318 g/mol. The summed E-state index contributed by atoms with van der Waals surface area (Å²) in [5, 5.41) is 15.8. The minimum absolute atomic E-state index is 0.0411. The first-order valence-electron chi connectivity index (χ1n) is 8.63. The standard InChI is InChI=1S/C19H30N2O2/c1-19(2,3)17(15-9-5-4-6-10-15)21-18(23)20-13-14-8-7-11-16(22)12-14/h4-6,9-10,14,16-17,22H,7-8,11-13H2,1-3H3,(H2,20,21,23). The van der Waals surface area contributed by atoms with Gasteiger partial charge in [0.1, 0.15) is 0 Å². The van der Waals surface area contributed by atoms with Crippen LogP contribution in [-0.4, -0.2) is 23.8 Å². The third kappa shape index (κ3) is 5.54. The summed E-state index contributed by atoms with van der Waals surface area (Å²) in [6.07, 6.45) is 3.61. The Morgan fingerprint density at radius 3 is 2.57 bits per heavy atom. The molecule has 1 aromatic rings. The zero-order valence-corrected chi connectivity index (χ0v) is 14.5. The molecular formula is C19H30N2O2. The van der Waals surface area contributed by atoms with Gasteiger partial charge in [-0.25, -0.2) is 4.79 Å². The fourth-order valence-corrected chi connectivity index (χ4v) is 3.31. The lowest BCUT2D eigenvalue weighted by molar-refractivity contribution is 0.101. The summed E-state index contributed by atoms with van der Waals surface area (Å²) in [6, 6.07) is 9.90. The lowest BCUT2D eigenvalue weighted by atomic mass is 9.82. The van der Waals surface area contributed by atoms with E-state index in [1.165, 1.54) is 0 Å². The molecule has 0 heterocycles. The van der Waals surface area contributed by atoms with Gasteiger partial charge in [-0.3, -0.25) is 0 Å². The number of benzene rings is 1. The average Bonchev–Trinajstić information content (AvgIpc) is 2.50. The number of aliphatic hydroxyl groups excluding tert-OH is 1. The van der Waals surface area contributed by atoms with E-state index in [1.54, 1.807) is 0 Å². The molecule has 3 atom stereocenters. The molecule has 0 aliphatic heterocycles. The van der Waals surface area contributed by atoms with Crippen molar-refractivity contribution in [2.24, 2.45) is 11.3 Å². The third-order valence-corrected chi connectivity index (χ3v) is 4.58. The van der Waals surface area contributed by atoms with Gasteiger partial charge in [-0.05, 0) is 36.2 Å². The van der Waals surface area contributed by atoms with Gasteiger partial charge in [-0.2, -0.15) is 0 Å². The smallest absolute Gasteiger partial charge is 0.315 e. The second-order valence-corrected chi connectivity index (χ2v) is 7.75. The summed E-state index contributed by atoms with van der Waals surface area (Å²) in [5.74, 6) is 0.384. The van der Waals surface area contributed by atoms with E-state index in [1.807, 2.05) is 30.3 Å². The molecule has 1 aliphatic carbocycles. The van der Waals surface area contributed by atoms with Crippen molar-refractivity contribution in [3.05, 3.63) is 35.9 Å². The van der Waals surface area contributed by atoms with E-state index >= 15 is 0 Å². The van der Waals surface area contributed by atoms with Crippen LogP contribution in [0, 0.1) is 11.3 Å². The minimum Gasteiger partial charge on any atom is -0.393 e. The minimum atomic E-state index is -0.203. The molecule has 0 radical (unpaired) electrons. The highest BCUT2D eigenvalue weighted by molar-refractivity contribution is 5.74. The maximum absolute atomic E-state index is 12.3. The van der Waals surface area contributed by atoms with E-state index in [4.69, 9.17) is 0 Å². The maximum Gasteiger partial charge on any atom is 0.315 e. The molecule has 3 N–H and O–H groups in total. The number of aliphatic hydroxyl groups is 1. The Hall–Kier alpha value is -1.55. The van der Waals surface area contributed by atoms with Crippen LogP contribution in [0.15, 0.2) is 30.3 Å². The van der Waals surface area contributed by atoms with Gasteiger partial charge in [0, 0.05) is 6.54 Å². The molecule has 4 nitrogen and oxygen atoms in total. The van der Waals surface area contributed by atoms with E-state index in [0.29, 0.717) is 12.5 Å². The number of rotatable bonds is 4. The van der Waals surface area contributed by atoms with Crippen LogP contribution < -0.4 is 10.6 Å². The van der Waals surface area contributed by atoms with Crippen molar-refractivity contribution in [2.75, 3.05) is 6.54 Å². The summed E-state index contributed by atoms with van der Waals surface area (Å²) in [7, 11) is 0. The Bertz CT molecular complexity index is 496. The summed E-state index contributed by atoms with van der Waals surface area (Å²) in [6.45, 7) is 7.02. The second kappa shape index (κ2) is 7.82. The summed E-state index contributed by atoms with van der Waals surface area (Å²) in [5.41, 5.74) is 1.04. The van der Waals surface area contributed by atoms with Gasteiger partial charge in [-0.15, -0.1) is 0 Å². The van der Waals surface area contributed by atoms with Crippen LogP contribution >= 0.6 is 0 Å². The number of hydrogen-bond acceptors (Lipinski definition) is 2. The van der Waals surface area contributed by atoms with E-state index in [0.717, 1.165) is 31.2 Å². The van der Waals surface area contributed by atoms with Crippen LogP contribution in [0.1, 0.15) is 58.1 Å². The van der Waals surface area contributed by atoms with Crippen molar-refractivity contribution in [2.45, 2.75) is 58.6 Å². The number of urea groups is 1. The van der Waals surface area contributed by atoms with Crippen LogP contribution in [-0.2, 0) is 0 Å². The molecule has 3 unspecified atom stereocenters. The van der Waals surface area contributed by atoms with Crippen molar-refractivity contribution >= 4 is 6.03 Å². The number of carbonyl (C=O) groups excluding carboxylic acids is 1. The summed E-state index contributed by atoms with van der Waals surface area (Å²) in [4.78, 5) is 12.3. The molecule has 0 aromatic heterocycles. The van der Waals surface area contributed by atoms with E-state index in [2.05, 4.69) is 31.4 Å². The van der Waals surface area contributed by atoms with Crippen molar-refractivity contribution in [3.63, 3.8) is 0 Å². The second-order valence-electron chi connectivity index (χ2n) is 7.75. The largest absolute Gasteiger partial charge is 0.393 e. The SMILES string of the molecule is CC(C)(C)C(NC(=O)NCC1CCCC(O)C1)c1ccccc1. The van der Waals surface area contributed by atoms with E-state index in [9.17, 15) is 9.90 Å². The molecule has 0 spiro atoms. The predicted octanol–water partition coefficient (Wildman–Crippen LogP) is 3.62. The highest BCUT2D eigenvalue weighted by Gasteiger charge is 2.28. The zero-order chi connectivity index (χ0) is 16.9. The van der Waals surface area contributed by atoms with E-state index < -0.39 is 0 Å². The van der Waals surface area contributed by atoms with Gasteiger partial charge in [-0.1, -0.05) is 57.5 Å². The van der Waals surface area contributed by atoms with Gasteiger partial charge < -0.3 is 15.7 Å². The van der Waals surface area contributed by atoms with Gasteiger partial charge >= 0.3 is 6.03 Å². The molecule has 1 aliphatic rings. The van der Waals surface area contributed by atoms with Crippen LogP contribution in [0.2, 0.25) is 0 Å². The molecule has 1 saturated carbocycles. The predicted molar refractivity (Wildman–Crippen MR) is 93.1 cm³/mol. The maximum atomic E-state index is 12.3. The Morgan fingerprint density at radius 2 is 1.96 bits per heavy atom. The first kappa shape index (κ1) is 17.8. The lowest BCUT2D eigenvalue weighted by Crippen LogP contribution is -2.44. The normalized spacial score (nSPS) is 23.1. The van der Waals surface area contributed by atoms with Crippen LogP contribution in [0.4, 0.5) is 4.79 Å². The number of nitrogens with one attached hydrogen (secondary N) is 2. The highest BCUT2D eigenvalue weighted by Crippen LogP contribution is 2.32. The Morgan fingerprint density at radius 1 is 1.26 bits per heavy atom. The summed E-state index contributed by atoms with van der Waals surface area (Å²) >= 11 is 0. The molecule has 0 saturated heterocycles. The first-order chi connectivity index (χ1) is 10.9. The topological polar surface area (TPSA) is 61.4 Å². The molecule has 128 valence electrons. The zero-order valence-electron chi connectivity index (χ0n) is 14.5. The molecular weight excluding hydrogens is 288 g/mol. The fourth-order valence-electron chi connectivity index (χ4n) is 3.31. The summed E-state index contributed by atoms with van der Waals surface area (Å²) < 4.78 is 0. The van der Waals surface area contributed by atoms with Crippen molar-refractivity contribution in [1.82, 2.24) is 10.6 Å². The Balaban J connectivity index is 1.90. The number of hydrogen-bond donors (Lipinski definition) is 3. The van der Waals surface area contributed by atoms with Crippen molar-refractivity contribution in [3.8, 4) is 0 Å². The number of carbonyl (C=O) groups is 1. The lowest BCUT2D eigenvalue weighted by Gasteiger charge is -2.32. The monoisotopic (exact) mass is 318 g/mol. The Kier molecular flexibility index (Phi) is 6.05. The third-order valence-electron chi connectivity index (χ3n) is 4.58. The molecule has 4 heteroatoms. The molecule has 2 rings (SSSR count). The van der Waals surface area contributed by atoms with Gasteiger partial charge in [0.25, 0.3) is 0 Å². The number of amides is 2. The fraction of sp³-hybridized carbons (Fsp3) is 0.632. The highest BCUT2D eigenvalue weighted by atomic mass is 16.3. The molecule has 23 heavy (non-hydrogen) atoms. The van der Waals surface area contributed by atoms with Gasteiger partial charge in [0.15, 0.2) is 0 Å². The quantitative estimate of drug-likeness (QED) is 0.794. The molecule has 1 fully saturated rings. The Labute approximate surface area is 139 Å². The van der Waals surface area contributed by atoms with Crippen molar-refractivity contribution < 1.29 is 9.90 Å². The molecule has 0 bridgehead atoms. The van der Waals surface area contributed by atoms with Crippen LogP contribution in [0.3, 0.4) is 0 Å². The van der Waals surface area contributed by atoms with Crippen LogP contribution in [0.25, 0.3) is 0 Å². The van der Waals surface area contributed by atoms with Gasteiger partial charge in [0.05, 0.1) is 12.1 Å². The first-order valence-corrected chi connectivity index (χ1v) is 8.63. The van der Waals surface area contributed by atoms with Gasteiger partial charge in [0.2, 0.25) is 0 Å². The molecule has 2 amide bonds. The molecule has 1 aromatic carbocycles.